The lowest BCUT2D eigenvalue weighted by atomic mass is 10.1. The smallest absolute Gasteiger partial charge is 0.267 e. The van der Waals surface area contributed by atoms with Gasteiger partial charge in [-0.15, -0.1) is 11.3 Å². The number of aryl methyl sites for hydroxylation is 1. The van der Waals surface area contributed by atoms with Crippen LogP contribution in [0.15, 0.2) is 24.3 Å². The minimum atomic E-state index is -0.123. The van der Waals surface area contributed by atoms with Crippen LogP contribution in [0.25, 0.3) is 0 Å². The van der Waals surface area contributed by atoms with Crippen LogP contribution in [-0.4, -0.2) is 17.5 Å². The van der Waals surface area contributed by atoms with E-state index in [0.717, 1.165) is 23.5 Å². The second-order valence-electron chi connectivity index (χ2n) is 5.92. The van der Waals surface area contributed by atoms with E-state index in [1.165, 1.54) is 11.3 Å². The number of amides is 1. The van der Waals surface area contributed by atoms with Gasteiger partial charge in [0, 0.05) is 6.42 Å². The molecule has 0 aliphatic rings. The van der Waals surface area contributed by atoms with Crippen molar-refractivity contribution >= 4 is 22.9 Å². The van der Waals surface area contributed by atoms with Gasteiger partial charge in [0.25, 0.3) is 5.91 Å². The Morgan fingerprint density at radius 2 is 2.09 bits per heavy atom. The largest absolute Gasteiger partial charge is 0.491 e. The molecular formula is C18H24N2O2S. The number of rotatable bonds is 7. The molecule has 1 N–H and O–H groups in total. The maximum atomic E-state index is 12.6. The van der Waals surface area contributed by atoms with Crippen molar-refractivity contribution in [3.8, 4) is 5.75 Å². The zero-order valence-corrected chi connectivity index (χ0v) is 15.0. The molecule has 2 rings (SSSR count). The van der Waals surface area contributed by atoms with E-state index in [9.17, 15) is 4.79 Å². The quantitative estimate of drug-likeness (QED) is 0.800. The fraction of sp³-hybridized carbons (Fsp3) is 0.444. The molecule has 1 amide bonds. The number of hydrogen-bond donors (Lipinski definition) is 1. The number of aromatic nitrogens is 1. The summed E-state index contributed by atoms with van der Waals surface area (Å²) < 4.78 is 5.68. The molecule has 0 spiro atoms. The molecule has 0 fully saturated rings. The van der Waals surface area contributed by atoms with Gasteiger partial charge < -0.3 is 10.1 Å². The Bertz CT molecular complexity index is 665. The molecule has 23 heavy (non-hydrogen) atoms. The summed E-state index contributed by atoms with van der Waals surface area (Å²) in [5.74, 6) is 1.11. The molecule has 0 aliphatic carbocycles. The van der Waals surface area contributed by atoms with Crippen LogP contribution in [-0.2, 0) is 6.42 Å². The summed E-state index contributed by atoms with van der Waals surface area (Å²) in [4.78, 5) is 17.7. The molecule has 1 heterocycles. The van der Waals surface area contributed by atoms with E-state index in [-0.39, 0.29) is 5.91 Å². The van der Waals surface area contributed by atoms with Crippen molar-refractivity contribution in [1.29, 1.82) is 0 Å². The fourth-order valence-corrected chi connectivity index (χ4v) is 3.36. The van der Waals surface area contributed by atoms with E-state index < -0.39 is 0 Å². The molecule has 4 nitrogen and oxygen atoms in total. The van der Waals surface area contributed by atoms with Gasteiger partial charge in [-0.2, -0.15) is 0 Å². The summed E-state index contributed by atoms with van der Waals surface area (Å²) in [5, 5.41) is 3.96. The number of carbonyl (C=O) groups excluding carboxylic acids is 1. The maximum Gasteiger partial charge on any atom is 0.267 e. The molecule has 0 saturated carbocycles. The van der Waals surface area contributed by atoms with Gasteiger partial charge in [0.15, 0.2) is 0 Å². The molecule has 0 atom stereocenters. The van der Waals surface area contributed by atoms with E-state index in [4.69, 9.17) is 4.74 Å². The van der Waals surface area contributed by atoms with Crippen molar-refractivity contribution < 1.29 is 9.53 Å². The van der Waals surface area contributed by atoms with Crippen LogP contribution >= 0.6 is 11.3 Å². The number of nitrogens with one attached hydrogen (secondary N) is 1. The van der Waals surface area contributed by atoms with Crippen LogP contribution in [0.2, 0.25) is 0 Å². The highest BCUT2D eigenvalue weighted by Crippen LogP contribution is 2.27. The van der Waals surface area contributed by atoms with Crippen LogP contribution in [0.5, 0.6) is 5.75 Å². The van der Waals surface area contributed by atoms with Crippen molar-refractivity contribution in [2.24, 2.45) is 5.92 Å². The molecule has 1 aromatic heterocycles. The van der Waals surface area contributed by atoms with E-state index in [1.807, 2.05) is 31.2 Å². The lowest BCUT2D eigenvalue weighted by Crippen LogP contribution is -2.12. The van der Waals surface area contributed by atoms with Crippen molar-refractivity contribution in [3.05, 3.63) is 39.8 Å². The topological polar surface area (TPSA) is 51.2 Å². The number of benzene rings is 1. The van der Waals surface area contributed by atoms with E-state index in [2.05, 4.69) is 31.1 Å². The molecule has 1 aromatic carbocycles. The molecule has 0 saturated heterocycles. The van der Waals surface area contributed by atoms with E-state index in [0.29, 0.717) is 28.8 Å². The summed E-state index contributed by atoms with van der Waals surface area (Å²) in [7, 11) is 0. The van der Waals surface area contributed by atoms with Crippen LogP contribution in [0.4, 0.5) is 5.69 Å². The van der Waals surface area contributed by atoms with Crippen molar-refractivity contribution in [3.63, 3.8) is 0 Å². The van der Waals surface area contributed by atoms with Gasteiger partial charge in [-0.3, -0.25) is 4.79 Å². The molecular weight excluding hydrogens is 308 g/mol. The van der Waals surface area contributed by atoms with Gasteiger partial charge in [-0.25, -0.2) is 4.98 Å². The minimum Gasteiger partial charge on any atom is -0.491 e. The van der Waals surface area contributed by atoms with Gasteiger partial charge in [-0.1, -0.05) is 32.9 Å². The van der Waals surface area contributed by atoms with Gasteiger partial charge in [0.2, 0.25) is 0 Å². The van der Waals surface area contributed by atoms with Crippen LogP contribution in [0.1, 0.15) is 47.6 Å². The molecule has 0 radical (unpaired) electrons. The van der Waals surface area contributed by atoms with E-state index >= 15 is 0 Å². The number of para-hydroxylation sites is 2. The van der Waals surface area contributed by atoms with E-state index in [1.54, 1.807) is 0 Å². The number of carbonyl (C=O) groups is 1. The SMILES string of the molecule is CCCOc1ccccc1NC(=O)c1sc(CC(C)C)nc1C. The average molecular weight is 332 g/mol. The maximum absolute atomic E-state index is 12.6. The molecule has 5 heteroatoms. The van der Waals surface area contributed by atoms with Crippen LogP contribution in [0.3, 0.4) is 0 Å². The fourth-order valence-electron chi connectivity index (χ4n) is 2.19. The Balaban J connectivity index is 2.15. The third-order valence-corrected chi connectivity index (χ3v) is 4.41. The Hall–Kier alpha value is -1.88. The van der Waals surface area contributed by atoms with Gasteiger partial charge in [-0.05, 0) is 31.4 Å². The molecule has 0 bridgehead atoms. The normalized spacial score (nSPS) is 10.8. The lowest BCUT2D eigenvalue weighted by Gasteiger charge is -2.11. The predicted octanol–water partition coefficient (Wildman–Crippen LogP) is 4.69. The van der Waals surface area contributed by atoms with Crippen LogP contribution in [0, 0.1) is 12.8 Å². The first kappa shape index (κ1) is 17.5. The highest BCUT2D eigenvalue weighted by Gasteiger charge is 2.17. The van der Waals surface area contributed by atoms with Crippen molar-refractivity contribution in [2.45, 2.75) is 40.5 Å². The first-order valence-electron chi connectivity index (χ1n) is 8.00. The van der Waals surface area contributed by atoms with Crippen LogP contribution < -0.4 is 10.1 Å². The highest BCUT2D eigenvalue weighted by molar-refractivity contribution is 7.13. The summed E-state index contributed by atoms with van der Waals surface area (Å²) in [6.07, 6.45) is 1.82. The molecule has 0 unspecified atom stereocenters. The van der Waals surface area contributed by atoms with Gasteiger partial charge in [0.1, 0.15) is 10.6 Å². The Morgan fingerprint density at radius 3 is 2.78 bits per heavy atom. The van der Waals surface area contributed by atoms with Gasteiger partial charge in [0.05, 0.1) is 23.0 Å². The van der Waals surface area contributed by atoms with Crippen molar-refractivity contribution in [2.75, 3.05) is 11.9 Å². The third kappa shape index (κ3) is 4.79. The minimum absolute atomic E-state index is 0.123. The summed E-state index contributed by atoms with van der Waals surface area (Å²) in [5.41, 5.74) is 1.49. The summed E-state index contributed by atoms with van der Waals surface area (Å²) in [6.45, 7) is 8.87. The molecule has 0 aliphatic heterocycles. The molecule has 2 aromatic rings. The predicted molar refractivity (Wildman–Crippen MR) is 95.6 cm³/mol. The zero-order chi connectivity index (χ0) is 16.8. The number of nitrogens with zero attached hydrogens (tertiary/aromatic N) is 1. The Kier molecular flexibility index (Phi) is 6.16. The number of thiazole rings is 1. The second kappa shape index (κ2) is 8.11. The average Bonchev–Trinajstić information content (AvgIpc) is 2.86. The lowest BCUT2D eigenvalue weighted by molar-refractivity contribution is 0.102. The summed E-state index contributed by atoms with van der Waals surface area (Å²) in [6, 6.07) is 7.51. The number of anilines is 1. The molecule has 124 valence electrons. The van der Waals surface area contributed by atoms with Crippen molar-refractivity contribution in [1.82, 2.24) is 4.98 Å². The Labute approximate surface area is 141 Å². The Morgan fingerprint density at radius 1 is 1.35 bits per heavy atom. The number of ether oxygens (including phenoxy) is 1. The number of hydrogen-bond acceptors (Lipinski definition) is 4. The summed E-state index contributed by atoms with van der Waals surface area (Å²) >= 11 is 1.47. The van der Waals surface area contributed by atoms with Gasteiger partial charge >= 0.3 is 0 Å². The monoisotopic (exact) mass is 332 g/mol. The second-order valence-corrected chi connectivity index (χ2v) is 7.00. The first-order valence-corrected chi connectivity index (χ1v) is 8.82. The standard InChI is InChI=1S/C18H24N2O2S/c1-5-10-22-15-9-7-6-8-14(15)20-18(21)17-13(4)19-16(23-17)11-12(2)3/h6-9,12H,5,10-11H2,1-4H3,(H,20,21). The third-order valence-electron chi connectivity index (χ3n) is 3.23. The first-order chi connectivity index (χ1) is 11.0. The highest BCUT2D eigenvalue weighted by atomic mass is 32.1. The zero-order valence-electron chi connectivity index (χ0n) is 14.2.